The molecule has 1 N–H and O–H groups in total. The average Bonchev–Trinajstić information content (AvgIpc) is 2.74. The molecule has 0 unspecified atom stereocenters. The molecule has 4 heteroatoms. The first kappa shape index (κ1) is 17.7. The van der Waals surface area contributed by atoms with Crippen molar-refractivity contribution in [2.45, 2.75) is 12.8 Å². The molecule has 0 saturated heterocycles. The van der Waals surface area contributed by atoms with Gasteiger partial charge >= 0.3 is 0 Å². The molecule has 1 aliphatic rings. The molecule has 0 heterocycles. The van der Waals surface area contributed by atoms with Gasteiger partial charge in [0.05, 0.1) is 0 Å². The number of carbonyl (C=O) groups excluding carboxylic acids is 2. The molecule has 4 nitrogen and oxygen atoms in total. The number of carbonyl (C=O) groups is 2. The van der Waals surface area contributed by atoms with Crippen LogP contribution < -0.4 is 4.74 Å². The first-order valence-corrected chi connectivity index (χ1v) is 9.06. The maximum atomic E-state index is 12.4. The van der Waals surface area contributed by atoms with Crippen molar-refractivity contribution in [2.75, 3.05) is 0 Å². The highest BCUT2D eigenvalue weighted by molar-refractivity contribution is 6.52. The Balaban J connectivity index is 1.48. The van der Waals surface area contributed by atoms with E-state index in [1.165, 1.54) is 0 Å². The van der Waals surface area contributed by atoms with Crippen molar-refractivity contribution in [2.24, 2.45) is 0 Å². The second kappa shape index (κ2) is 7.53. The van der Waals surface area contributed by atoms with E-state index in [0.29, 0.717) is 18.4 Å². The molecule has 0 spiro atoms. The van der Waals surface area contributed by atoms with Gasteiger partial charge in [0.15, 0.2) is 0 Å². The quantitative estimate of drug-likeness (QED) is 0.631. The molecule has 28 heavy (non-hydrogen) atoms. The summed E-state index contributed by atoms with van der Waals surface area (Å²) in [5.41, 5.74) is 1.85. The number of ketones is 2. The number of aliphatic hydroxyl groups is 1. The fraction of sp³-hybridized carbons (Fsp3) is 0.0833. The van der Waals surface area contributed by atoms with Crippen LogP contribution in [0.25, 0.3) is 5.76 Å². The van der Waals surface area contributed by atoms with E-state index >= 15 is 0 Å². The molecule has 0 radical (unpaired) electrons. The minimum atomic E-state index is -0.625. The molecule has 0 atom stereocenters. The number of hydrogen-bond donors (Lipinski definition) is 1. The predicted molar refractivity (Wildman–Crippen MR) is 107 cm³/mol. The maximum absolute atomic E-state index is 12.4. The number of allylic oxidation sites excluding steroid dienone is 1. The van der Waals surface area contributed by atoms with Crippen LogP contribution in [0.2, 0.25) is 0 Å². The SMILES string of the molecule is O=C1C(=O)c2ccccc2C(O)=C1CCc1ccc(Oc2ccccc2)cc1. The monoisotopic (exact) mass is 370 g/mol. The van der Waals surface area contributed by atoms with Gasteiger partial charge in [-0.2, -0.15) is 0 Å². The Morgan fingerprint density at radius 3 is 1.96 bits per heavy atom. The minimum absolute atomic E-state index is 0.0933. The summed E-state index contributed by atoms with van der Waals surface area (Å²) in [5.74, 6) is 0.199. The molecule has 3 aromatic rings. The van der Waals surface area contributed by atoms with Crippen LogP contribution in [0.15, 0.2) is 84.4 Å². The molecular weight excluding hydrogens is 352 g/mol. The number of fused-ring (bicyclic) bond motifs is 1. The van der Waals surface area contributed by atoms with Crippen LogP contribution >= 0.6 is 0 Å². The zero-order valence-corrected chi connectivity index (χ0v) is 15.1. The summed E-state index contributed by atoms with van der Waals surface area (Å²) in [6.07, 6.45) is 0.829. The van der Waals surface area contributed by atoms with E-state index in [0.717, 1.165) is 17.1 Å². The molecule has 3 aromatic carbocycles. The van der Waals surface area contributed by atoms with Crippen molar-refractivity contribution in [3.05, 3.63) is 101 Å². The first-order valence-electron chi connectivity index (χ1n) is 9.06. The number of benzene rings is 3. The van der Waals surface area contributed by atoms with E-state index in [1.807, 2.05) is 54.6 Å². The van der Waals surface area contributed by atoms with Gasteiger partial charge in [0.25, 0.3) is 0 Å². The second-order valence-corrected chi connectivity index (χ2v) is 6.59. The van der Waals surface area contributed by atoms with Crippen LogP contribution in [0.3, 0.4) is 0 Å². The Labute approximate surface area is 162 Å². The van der Waals surface area contributed by atoms with Gasteiger partial charge in [-0.1, -0.05) is 54.6 Å². The molecule has 1 aliphatic carbocycles. The lowest BCUT2D eigenvalue weighted by atomic mass is 9.86. The standard InChI is InChI=1S/C24H18O4/c25-22-19-8-4-5-9-20(19)23(26)24(27)21(22)15-12-16-10-13-18(14-11-16)28-17-6-2-1-3-7-17/h1-11,13-14,25H,12,15H2. The normalized spacial score (nSPS) is 13.4. The number of hydrogen-bond acceptors (Lipinski definition) is 4. The van der Waals surface area contributed by atoms with Gasteiger partial charge in [-0.15, -0.1) is 0 Å². The van der Waals surface area contributed by atoms with Crippen molar-refractivity contribution >= 4 is 17.3 Å². The van der Waals surface area contributed by atoms with Gasteiger partial charge in [0.2, 0.25) is 11.6 Å². The number of aryl methyl sites for hydroxylation is 1. The Morgan fingerprint density at radius 1 is 0.643 bits per heavy atom. The summed E-state index contributed by atoms with van der Waals surface area (Å²) in [6.45, 7) is 0. The molecule has 0 fully saturated rings. The Bertz CT molecular complexity index is 1060. The minimum Gasteiger partial charge on any atom is -0.507 e. The lowest BCUT2D eigenvalue weighted by Crippen LogP contribution is -2.24. The molecular formula is C24H18O4. The fourth-order valence-corrected chi connectivity index (χ4v) is 3.27. The van der Waals surface area contributed by atoms with Gasteiger partial charge in [-0.3, -0.25) is 9.59 Å². The van der Waals surface area contributed by atoms with Crippen molar-refractivity contribution in [3.8, 4) is 11.5 Å². The summed E-state index contributed by atoms with van der Waals surface area (Å²) in [4.78, 5) is 24.7. The topological polar surface area (TPSA) is 63.6 Å². The number of rotatable bonds is 5. The third kappa shape index (κ3) is 3.45. The summed E-state index contributed by atoms with van der Waals surface area (Å²) in [5, 5.41) is 10.5. The molecule has 0 bridgehead atoms. The van der Waals surface area contributed by atoms with Gasteiger partial charge < -0.3 is 9.84 Å². The van der Waals surface area contributed by atoms with Gasteiger partial charge in [0, 0.05) is 16.7 Å². The van der Waals surface area contributed by atoms with E-state index in [2.05, 4.69) is 0 Å². The lowest BCUT2D eigenvalue weighted by molar-refractivity contribution is -0.112. The molecule has 0 aliphatic heterocycles. The van der Waals surface area contributed by atoms with Gasteiger partial charge in [-0.25, -0.2) is 0 Å². The zero-order chi connectivity index (χ0) is 19.5. The third-order valence-electron chi connectivity index (χ3n) is 4.76. The smallest absolute Gasteiger partial charge is 0.234 e. The molecule has 0 amide bonds. The highest BCUT2D eigenvalue weighted by Gasteiger charge is 2.32. The summed E-state index contributed by atoms with van der Waals surface area (Å²) >= 11 is 0. The van der Waals surface area contributed by atoms with Crippen LogP contribution in [0.5, 0.6) is 11.5 Å². The number of aliphatic hydroxyl groups excluding tert-OH is 1. The van der Waals surface area contributed by atoms with E-state index < -0.39 is 11.6 Å². The van der Waals surface area contributed by atoms with Crippen molar-refractivity contribution in [1.29, 1.82) is 0 Å². The number of ether oxygens (including phenoxy) is 1. The number of Topliss-reactive ketones (excluding diaryl/α,β-unsaturated/α-hetero) is 2. The first-order chi connectivity index (χ1) is 13.6. The van der Waals surface area contributed by atoms with Crippen molar-refractivity contribution < 1.29 is 19.4 Å². The molecule has 0 saturated carbocycles. The van der Waals surface area contributed by atoms with Crippen LogP contribution in [-0.4, -0.2) is 16.7 Å². The number of para-hydroxylation sites is 1. The summed E-state index contributed by atoms with van der Waals surface area (Å²) < 4.78 is 5.77. The Hall–Kier alpha value is -3.66. The van der Waals surface area contributed by atoms with Crippen molar-refractivity contribution in [3.63, 3.8) is 0 Å². The largest absolute Gasteiger partial charge is 0.507 e. The predicted octanol–water partition coefficient (Wildman–Crippen LogP) is 5.15. The summed E-state index contributed by atoms with van der Waals surface area (Å²) in [6, 6.07) is 23.7. The van der Waals surface area contributed by atoms with Crippen LogP contribution in [0.1, 0.15) is 27.9 Å². The lowest BCUT2D eigenvalue weighted by Gasteiger charge is -2.17. The Morgan fingerprint density at radius 2 is 1.25 bits per heavy atom. The fourth-order valence-electron chi connectivity index (χ4n) is 3.27. The van der Waals surface area contributed by atoms with E-state index in [-0.39, 0.29) is 16.9 Å². The summed E-state index contributed by atoms with van der Waals surface area (Å²) in [7, 11) is 0. The van der Waals surface area contributed by atoms with Crippen molar-refractivity contribution in [1.82, 2.24) is 0 Å². The van der Waals surface area contributed by atoms with Crippen LogP contribution in [-0.2, 0) is 11.2 Å². The van der Waals surface area contributed by atoms with Crippen LogP contribution in [0.4, 0.5) is 0 Å². The van der Waals surface area contributed by atoms with E-state index in [4.69, 9.17) is 4.74 Å². The third-order valence-corrected chi connectivity index (χ3v) is 4.76. The van der Waals surface area contributed by atoms with E-state index in [9.17, 15) is 14.7 Å². The zero-order valence-electron chi connectivity index (χ0n) is 15.1. The molecule has 4 rings (SSSR count). The maximum Gasteiger partial charge on any atom is 0.234 e. The van der Waals surface area contributed by atoms with Gasteiger partial charge in [-0.05, 0) is 42.7 Å². The highest BCUT2D eigenvalue weighted by Crippen LogP contribution is 2.30. The van der Waals surface area contributed by atoms with Gasteiger partial charge in [0.1, 0.15) is 17.3 Å². The second-order valence-electron chi connectivity index (χ2n) is 6.59. The molecule has 138 valence electrons. The average molecular weight is 370 g/mol. The molecule has 0 aromatic heterocycles. The highest BCUT2D eigenvalue weighted by atomic mass is 16.5. The van der Waals surface area contributed by atoms with Crippen LogP contribution in [0, 0.1) is 0 Å². The van der Waals surface area contributed by atoms with E-state index in [1.54, 1.807) is 24.3 Å². The Kier molecular flexibility index (Phi) is 4.77.